The maximum absolute atomic E-state index is 12.8. The lowest BCUT2D eigenvalue weighted by molar-refractivity contribution is -0.142. The minimum Gasteiger partial charge on any atom is -0.493 e. The number of ether oxygens (including phenoxy) is 2. The minimum absolute atomic E-state index is 0.0130. The normalized spacial score (nSPS) is 13.1. The van der Waals surface area contributed by atoms with Crippen molar-refractivity contribution in [3.8, 4) is 5.75 Å². The Kier molecular flexibility index (Phi) is 5.70. The predicted molar refractivity (Wildman–Crippen MR) is 102 cm³/mol. The number of benzene rings is 2. The van der Waals surface area contributed by atoms with Gasteiger partial charge in [0.15, 0.2) is 0 Å². The molecule has 0 atom stereocenters. The first-order valence-electron chi connectivity index (χ1n) is 8.93. The van der Waals surface area contributed by atoms with Gasteiger partial charge in [0.2, 0.25) is 0 Å². The van der Waals surface area contributed by atoms with Crippen molar-refractivity contribution in [1.29, 1.82) is 0 Å². The summed E-state index contributed by atoms with van der Waals surface area (Å²) < 4.78 is 38.7. The molecule has 3 rings (SSSR count). The Labute approximate surface area is 159 Å². The summed E-state index contributed by atoms with van der Waals surface area (Å²) in [5.41, 5.74) is 3.31. The molecule has 0 saturated heterocycles. The van der Waals surface area contributed by atoms with Crippen LogP contribution in [0.25, 0.3) is 0 Å². The molecule has 1 aliphatic rings. The second kappa shape index (κ2) is 8.00. The van der Waals surface area contributed by atoms with E-state index in [1.54, 1.807) is 30.3 Å². The molecule has 2 aromatic carbocycles. The van der Waals surface area contributed by atoms with E-state index in [1.165, 1.54) is 12.5 Å². The molecule has 7 heteroatoms. The van der Waals surface area contributed by atoms with E-state index in [4.69, 9.17) is 9.47 Å². The molecule has 1 N–H and O–H groups in total. The number of fused-ring (bicyclic) bond motifs is 1. The zero-order valence-corrected chi connectivity index (χ0v) is 16.3. The Bertz CT molecular complexity index is 953. The summed E-state index contributed by atoms with van der Waals surface area (Å²) in [6.07, 6.45) is 2.97. The first kappa shape index (κ1) is 19.2. The third-order valence-corrected chi connectivity index (χ3v) is 5.80. The second-order valence-corrected chi connectivity index (χ2v) is 8.11. The Morgan fingerprint density at radius 2 is 1.89 bits per heavy atom. The van der Waals surface area contributed by atoms with Gasteiger partial charge in [0.25, 0.3) is 10.0 Å². The number of rotatable bonds is 7. The number of hydrogen-bond donors (Lipinski definition) is 1. The number of aryl methyl sites for hydroxylation is 2. The number of sulfonamides is 1. The van der Waals surface area contributed by atoms with Gasteiger partial charge in [0.1, 0.15) is 12.4 Å². The van der Waals surface area contributed by atoms with Crippen molar-refractivity contribution in [2.24, 2.45) is 0 Å². The van der Waals surface area contributed by atoms with Crippen LogP contribution >= 0.6 is 0 Å². The Hall–Kier alpha value is -2.54. The van der Waals surface area contributed by atoms with Crippen LogP contribution in [0, 0.1) is 0 Å². The molecular formula is C20H23NO5S. The lowest BCUT2D eigenvalue weighted by atomic mass is 10.1. The first-order valence-corrected chi connectivity index (χ1v) is 10.4. The Balaban J connectivity index is 1.85. The van der Waals surface area contributed by atoms with E-state index in [9.17, 15) is 13.2 Å². The smallest absolute Gasteiger partial charge is 0.302 e. The number of carbonyl (C=O) groups is 1. The number of anilines is 1. The molecule has 0 unspecified atom stereocenters. The van der Waals surface area contributed by atoms with Gasteiger partial charge in [0, 0.05) is 18.2 Å². The van der Waals surface area contributed by atoms with Crippen molar-refractivity contribution in [3.05, 3.63) is 53.1 Å². The van der Waals surface area contributed by atoms with E-state index in [0.29, 0.717) is 23.6 Å². The number of nitrogens with one attached hydrogen (secondary N) is 1. The molecule has 0 amide bonds. The average Bonchev–Trinajstić information content (AvgIpc) is 3.09. The maximum Gasteiger partial charge on any atom is 0.302 e. The molecule has 0 heterocycles. The Morgan fingerprint density at radius 1 is 1.11 bits per heavy atom. The fraction of sp³-hybridized carbons (Fsp3) is 0.350. The third-order valence-electron chi connectivity index (χ3n) is 4.42. The Morgan fingerprint density at radius 3 is 2.63 bits per heavy atom. The standard InChI is InChI=1S/C20H23NO5S/c1-3-25-20-10-8-18(11-17(20)13-26-14(2)22)21-27(23,24)19-9-7-15-5-4-6-16(15)12-19/h7-12,21H,3-6,13H2,1-2H3. The van der Waals surface area contributed by atoms with Crippen LogP contribution in [0.5, 0.6) is 5.75 Å². The van der Waals surface area contributed by atoms with Crippen molar-refractivity contribution < 1.29 is 22.7 Å². The molecule has 1 aliphatic carbocycles. The topological polar surface area (TPSA) is 81.7 Å². The van der Waals surface area contributed by atoms with Crippen LogP contribution in [-0.4, -0.2) is 21.0 Å². The van der Waals surface area contributed by atoms with Crippen molar-refractivity contribution in [2.45, 2.75) is 44.6 Å². The van der Waals surface area contributed by atoms with Gasteiger partial charge in [-0.3, -0.25) is 9.52 Å². The number of esters is 1. The van der Waals surface area contributed by atoms with E-state index in [2.05, 4.69) is 4.72 Å². The van der Waals surface area contributed by atoms with Gasteiger partial charge in [-0.05, 0) is 67.6 Å². The first-order chi connectivity index (χ1) is 12.9. The van der Waals surface area contributed by atoms with Gasteiger partial charge in [-0.15, -0.1) is 0 Å². The fourth-order valence-electron chi connectivity index (χ4n) is 3.16. The molecule has 27 heavy (non-hydrogen) atoms. The van der Waals surface area contributed by atoms with Crippen LogP contribution < -0.4 is 9.46 Å². The SMILES string of the molecule is CCOc1ccc(NS(=O)(=O)c2ccc3c(c2)CCC3)cc1COC(C)=O. The highest BCUT2D eigenvalue weighted by Crippen LogP contribution is 2.28. The molecule has 0 fully saturated rings. The summed E-state index contributed by atoms with van der Waals surface area (Å²) in [5, 5.41) is 0. The van der Waals surface area contributed by atoms with Gasteiger partial charge < -0.3 is 9.47 Å². The molecule has 0 radical (unpaired) electrons. The third kappa shape index (κ3) is 4.60. The van der Waals surface area contributed by atoms with Crippen LogP contribution in [0.4, 0.5) is 5.69 Å². The highest BCUT2D eigenvalue weighted by Gasteiger charge is 2.19. The van der Waals surface area contributed by atoms with Crippen LogP contribution in [0.2, 0.25) is 0 Å². The summed E-state index contributed by atoms with van der Waals surface area (Å²) in [6.45, 7) is 3.63. The lowest BCUT2D eigenvalue weighted by Gasteiger charge is -2.14. The largest absolute Gasteiger partial charge is 0.493 e. The molecular weight excluding hydrogens is 366 g/mol. The van der Waals surface area contributed by atoms with Crippen molar-refractivity contribution in [3.63, 3.8) is 0 Å². The van der Waals surface area contributed by atoms with Gasteiger partial charge in [0.05, 0.1) is 11.5 Å². The van der Waals surface area contributed by atoms with Gasteiger partial charge in [-0.2, -0.15) is 0 Å². The fourth-order valence-corrected chi connectivity index (χ4v) is 4.26. The molecule has 0 aromatic heterocycles. The molecule has 144 valence electrons. The molecule has 0 spiro atoms. The maximum atomic E-state index is 12.8. The molecule has 2 aromatic rings. The van der Waals surface area contributed by atoms with E-state index in [-0.39, 0.29) is 11.5 Å². The zero-order valence-electron chi connectivity index (χ0n) is 15.4. The lowest BCUT2D eigenvalue weighted by Crippen LogP contribution is -2.14. The van der Waals surface area contributed by atoms with E-state index < -0.39 is 16.0 Å². The predicted octanol–water partition coefficient (Wildman–Crippen LogP) is 3.44. The van der Waals surface area contributed by atoms with E-state index >= 15 is 0 Å². The molecule has 0 bridgehead atoms. The van der Waals surface area contributed by atoms with Gasteiger partial charge >= 0.3 is 5.97 Å². The quantitative estimate of drug-likeness (QED) is 0.734. The summed E-state index contributed by atoms with van der Waals surface area (Å²) in [6, 6.07) is 10.2. The average molecular weight is 389 g/mol. The van der Waals surface area contributed by atoms with E-state index in [1.807, 2.05) is 13.0 Å². The highest BCUT2D eigenvalue weighted by atomic mass is 32.2. The number of carbonyl (C=O) groups excluding carboxylic acids is 1. The summed E-state index contributed by atoms with van der Waals surface area (Å²) in [7, 11) is -3.71. The summed E-state index contributed by atoms with van der Waals surface area (Å²) in [5.74, 6) is 0.140. The van der Waals surface area contributed by atoms with Crippen LogP contribution in [-0.2, 0) is 39.0 Å². The minimum atomic E-state index is -3.71. The van der Waals surface area contributed by atoms with Crippen molar-refractivity contribution >= 4 is 21.7 Å². The van der Waals surface area contributed by atoms with Crippen LogP contribution in [0.3, 0.4) is 0 Å². The second-order valence-electron chi connectivity index (χ2n) is 6.43. The van der Waals surface area contributed by atoms with Gasteiger partial charge in [-0.25, -0.2) is 8.42 Å². The number of hydrogen-bond acceptors (Lipinski definition) is 5. The monoisotopic (exact) mass is 389 g/mol. The molecule has 6 nitrogen and oxygen atoms in total. The van der Waals surface area contributed by atoms with Crippen LogP contribution in [0.15, 0.2) is 41.3 Å². The summed E-state index contributed by atoms with van der Waals surface area (Å²) >= 11 is 0. The zero-order chi connectivity index (χ0) is 19.4. The van der Waals surface area contributed by atoms with Crippen molar-refractivity contribution in [2.75, 3.05) is 11.3 Å². The van der Waals surface area contributed by atoms with E-state index in [0.717, 1.165) is 24.8 Å². The highest BCUT2D eigenvalue weighted by molar-refractivity contribution is 7.92. The van der Waals surface area contributed by atoms with Crippen LogP contribution in [0.1, 0.15) is 37.0 Å². The molecule has 0 aliphatic heterocycles. The summed E-state index contributed by atoms with van der Waals surface area (Å²) in [4.78, 5) is 11.4. The van der Waals surface area contributed by atoms with Gasteiger partial charge in [-0.1, -0.05) is 6.07 Å². The van der Waals surface area contributed by atoms with Crippen molar-refractivity contribution in [1.82, 2.24) is 0 Å². The molecule has 0 saturated carbocycles.